The van der Waals surface area contributed by atoms with E-state index in [0.717, 1.165) is 13.1 Å². The molecular weight excluding hydrogens is 256 g/mol. The number of aromatic nitrogens is 2. The number of halogens is 1. The molecule has 1 saturated carbocycles. The molecule has 2 aliphatic rings. The van der Waals surface area contributed by atoms with E-state index in [1.54, 1.807) is 0 Å². The van der Waals surface area contributed by atoms with Gasteiger partial charge in [-0.3, -0.25) is 10.1 Å². The van der Waals surface area contributed by atoms with Gasteiger partial charge in [0.2, 0.25) is 11.1 Å². The Balaban J connectivity index is 1.92. The summed E-state index contributed by atoms with van der Waals surface area (Å²) < 4.78 is 0. The van der Waals surface area contributed by atoms with Crippen LogP contribution < -0.4 is 4.90 Å². The standard InChI is InChI=1S/C11H13ClN4O2/c12-11-13-4-9(16(17)18)10(14-11)15-5-7-2-1-3-8(7)6-15/h4,7-8H,1-3,5-6H2. The van der Waals surface area contributed by atoms with Gasteiger partial charge in [0.1, 0.15) is 6.20 Å². The zero-order valence-electron chi connectivity index (χ0n) is 9.75. The predicted molar refractivity (Wildman–Crippen MR) is 66.7 cm³/mol. The van der Waals surface area contributed by atoms with Crippen LogP contribution in [-0.4, -0.2) is 28.0 Å². The molecular formula is C11H13ClN4O2. The maximum atomic E-state index is 11.0. The minimum Gasteiger partial charge on any atom is -0.350 e. The largest absolute Gasteiger partial charge is 0.350 e. The number of anilines is 1. The second-order valence-electron chi connectivity index (χ2n) is 4.96. The highest BCUT2D eigenvalue weighted by atomic mass is 35.5. The first-order valence-corrected chi connectivity index (χ1v) is 6.45. The minimum absolute atomic E-state index is 0.0561. The molecule has 1 aliphatic heterocycles. The normalized spacial score (nSPS) is 26.4. The third-order valence-corrected chi connectivity index (χ3v) is 4.13. The molecule has 1 saturated heterocycles. The van der Waals surface area contributed by atoms with Gasteiger partial charge in [-0.05, 0) is 36.3 Å². The summed E-state index contributed by atoms with van der Waals surface area (Å²) >= 11 is 5.75. The van der Waals surface area contributed by atoms with Crippen molar-refractivity contribution in [2.75, 3.05) is 18.0 Å². The van der Waals surface area contributed by atoms with E-state index in [4.69, 9.17) is 11.6 Å². The lowest BCUT2D eigenvalue weighted by Crippen LogP contribution is -2.23. The third-order valence-electron chi connectivity index (χ3n) is 3.94. The molecule has 2 fully saturated rings. The van der Waals surface area contributed by atoms with E-state index in [0.29, 0.717) is 17.7 Å². The Bertz CT molecular complexity index is 484. The highest BCUT2D eigenvalue weighted by molar-refractivity contribution is 6.28. The Morgan fingerprint density at radius 2 is 2.06 bits per heavy atom. The smallest absolute Gasteiger partial charge is 0.329 e. The number of hydrogen-bond acceptors (Lipinski definition) is 5. The Morgan fingerprint density at radius 3 is 2.67 bits per heavy atom. The van der Waals surface area contributed by atoms with Crippen LogP contribution in [0.2, 0.25) is 5.28 Å². The molecule has 7 heteroatoms. The van der Waals surface area contributed by atoms with Crippen molar-refractivity contribution < 1.29 is 4.92 Å². The predicted octanol–water partition coefficient (Wildman–Crippen LogP) is 2.27. The fourth-order valence-electron chi connectivity index (χ4n) is 3.12. The summed E-state index contributed by atoms with van der Waals surface area (Å²) in [7, 11) is 0. The van der Waals surface area contributed by atoms with Crippen LogP contribution in [0.25, 0.3) is 0 Å². The van der Waals surface area contributed by atoms with Crippen molar-refractivity contribution in [3.63, 3.8) is 0 Å². The monoisotopic (exact) mass is 268 g/mol. The van der Waals surface area contributed by atoms with Gasteiger partial charge in [0.15, 0.2) is 0 Å². The maximum Gasteiger partial charge on any atom is 0.329 e. The SMILES string of the molecule is O=[N+]([O-])c1cnc(Cl)nc1N1CC2CCCC2C1. The molecule has 18 heavy (non-hydrogen) atoms. The number of rotatable bonds is 2. The van der Waals surface area contributed by atoms with Crippen molar-refractivity contribution in [1.82, 2.24) is 9.97 Å². The lowest BCUT2D eigenvalue weighted by molar-refractivity contribution is -0.384. The number of fused-ring (bicyclic) bond motifs is 1. The number of hydrogen-bond donors (Lipinski definition) is 0. The van der Waals surface area contributed by atoms with Crippen LogP contribution in [0.3, 0.4) is 0 Å². The van der Waals surface area contributed by atoms with Crippen LogP contribution in [0.1, 0.15) is 19.3 Å². The summed E-state index contributed by atoms with van der Waals surface area (Å²) in [5.74, 6) is 1.67. The third kappa shape index (κ3) is 1.90. The quantitative estimate of drug-likeness (QED) is 0.467. The Morgan fingerprint density at radius 1 is 1.39 bits per heavy atom. The van der Waals surface area contributed by atoms with E-state index in [1.807, 2.05) is 4.90 Å². The van der Waals surface area contributed by atoms with Crippen molar-refractivity contribution >= 4 is 23.1 Å². The molecule has 1 aromatic heterocycles. The lowest BCUT2D eigenvalue weighted by atomic mass is 10.0. The van der Waals surface area contributed by atoms with Gasteiger partial charge < -0.3 is 4.90 Å². The van der Waals surface area contributed by atoms with Crippen LogP contribution in [0.5, 0.6) is 0 Å². The Labute approximate surface area is 109 Å². The van der Waals surface area contributed by atoms with Gasteiger partial charge in [-0.15, -0.1) is 0 Å². The maximum absolute atomic E-state index is 11.0. The van der Waals surface area contributed by atoms with E-state index >= 15 is 0 Å². The molecule has 3 rings (SSSR count). The van der Waals surface area contributed by atoms with Crippen LogP contribution in [-0.2, 0) is 0 Å². The van der Waals surface area contributed by atoms with Gasteiger partial charge in [-0.1, -0.05) is 6.42 Å². The van der Waals surface area contributed by atoms with Crippen LogP contribution >= 0.6 is 11.6 Å². The molecule has 1 aliphatic carbocycles. The summed E-state index contributed by atoms with van der Waals surface area (Å²) in [5.41, 5.74) is -0.0561. The van der Waals surface area contributed by atoms with Gasteiger partial charge in [0.05, 0.1) is 4.92 Å². The molecule has 0 N–H and O–H groups in total. The van der Waals surface area contributed by atoms with Gasteiger partial charge in [0.25, 0.3) is 0 Å². The lowest BCUT2D eigenvalue weighted by Gasteiger charge is -2.17. The van der Waals surface area contributed by atoms with Gasteiger partial charge >= 0.3 is 5.69 Å². The molecule has 2 unspecified atom stereocenters. The fourth-order valence-corrected chi connectivity index (χ4v) is 3.24. The average molecular weight is 269 g/mol. The molecule has 96 valence electrons. The van der Waals surface area contributed by atoms with E-state index in [9.17, 15) is 10.1 Å². The number of nitro groups is 1. The van der Waals surface area contributed by atoms with Crippen molar-refractivity contribution in [3.05, 3.63) is 21.6 Å². The second-order valence-corrected chi connectivity index (χ2v) is 5.30. The first-order valence-electron chi connectivity index (χ1n) is 6.07. The molecule has 0 amide bonds. The number of nitrogens with zero attached hydrogens (tertiary/aromatic N) is 4. The van der Waals surface area contributed by atoms with E-state index in [2.05, 4.69) is 9.97 Å². The minimum atomic E-state index is -0.445. The van der Waals surface area contributed by atoms with Gasteiger partial charge in [0, 0.05) is 13.1 Å². The summed E-state index contributed by atoms with van der Waals surface area (Å²) in [6.07, 6.45) is 4.90. The molecule has 0 aromatic carbocycles. The van der Waals surface area contributed by atoms with Crippen LogP contribution in [0.4, 0.5) is 11.5 Å². The molecule has 6 nitrogen and oxygen atoms in total. The molecule has 0 radical (unpaired) electrons. The van der Waals surface area contributed by atoms with Crippen LogP contribution in [0.15, 0.2) is 6.20 Å². The summed E-state index contributed by atoms with van der Waals surface area (Å²) in [6.45, 7) is 1.69. The van der Waals surface area contributed by atoms with Gasteiger partial charge in [-0.25, -0.2) is 4.98 Å². The molecule has 0 spiro atoms. The average Bonchev–Trinajstić information content (AvgIpc) is 2.88. The van der Waals surface area contributed by atoms with Crippen molar-refractivity contribution in [2.24, 2.45) is 11.8 Å². The van der Waals surface area contributed by atoms with E-state index in [1.165, 1.54) is 25.5 Å². The molecule has 2 atom stereocenters. The second kappa shape index (κ2) is 4.35. The first-order chi connectivity index (χ1) is 8.65. The Kier molecular flexibility index (Phi) is 2.81. The van der Waals surface area contributed by atoms with Crippen LogP contribution in [0, 0.1) is 22.0 Å². The summed E-state index contributed by atoms with van der Waals surface area (Å²) in [6, 6.07) is 0. The Hall–Kier alpha value is -1.43. The fraction of sp³-hybridized carbons (Fsp3) is 0.636. The molecule has 2 heterocycles. The summed E-state index contributed by atoms with van der Waals surface area (Å²) in [4.78, 5) is 20.3. The topological polar surface area (TPSA) is 72.2 Å². The van der Waals surface area contributed by atoms with E-state index in [-0.39, 0.29) is 11.0 Å². The highest BCUT2D eigenvalue weighted by Crippen LogP contribution is 2.41. The summed E-state index contributed by atoms with van der Waals surface area (Å²) in [5, 5.41) is 11.1. The first kappa shape index (κ1) is 11.6. The highest BCUT2D eigenvalue weighted by Gasteiger charge is 2.38. The van der Waals surface area contributed by atoms with Crippen molar-refractivity contribution in [1.29, 1.82) is 0 Å². The van der Waals surface area contributed by atoms with Crippen molar-refractivity contribution in [2.45, 2.75) is 19.3 Å². The van der Waals surface area contributed by atoms with Crippen molar-refractivity contribution in [3.8, 4) is 0 Å². The zero-order valence-corrected chi connectivity index (χ0v) is 10.5. The van der Waals surface area contributed by atoms with E-state index < -0.39 is 4.92 Å². The zero-order chi connectivity index (χ0) is 12.7. The molecule has 1 aromatic rings. The van der Waals surface area contributed by atoms with Gasteiger partial charge in [-0.2, -0.15) is 4.98 Å². The molecule has 0 bridgehead atoms.